The minimum atomic E-state index is -0.879. The summed E-state index contributed by atoms with van der Waals surface area (Å²) in [5.74, 6) is -0.205. The first-order chi connectivity index (χ1) is 16.3. The summed E-state index contributed by atoms with van der Waals surface area (Å²) in [4.78, 5) is 51.2. The molecule has 34 heavy (non-hydrogen) atoms. The van der Waals surface area contributed by atoms with Crippen LogP contribution in [-0.2, 0) is 14.4 Å². The number of carbonyl (C=O) groups excluding carboxylic acids is 4. The van der Waals surface area contributed by atoms with E-state index in [1.54, 1.807) is 24.3 Å². The van der Waals surface area contributed by atoms with E-state index < -0.39 is 18.0 Å². The van der Waals surface area contributed by atoms with Crippen molar-refractivity contribution in [2.24, 2.45) is 11.8 Å². The van der Waals surface area contributed by atoms with Crippen molar-refractivity contribution in [3.8, 4) is 5.75 Å². The van der Waals surface area contributed by atoms with E-state index >= 15 is 0 Å². The van der Waals surface area contributed by atoms with Crippen LogP contribution in [0.1, 0.15) is 62.7 Å². The number of ether oxygens (including phenoxy) is 1. The van der Waals surface area contributed by atoms with E-state index in [4.69, 9.17) is 4.74 Å². The van der Waals surface area contributed by atoms with Gasteiger partial charge in [0.25, 0.3) is 5.91 Å². The first-order valence-electron chi connectivity index (χ1n) is 12.2. The number of carbonyl (C=O) groups is 4. The van der Waals surface area contributed by atoms with Gasteiger partial charge in [0.05, 0.1) is 12.2 Å². The molecule has 0 radical (unpaired) electrons. The van der Waals surface area contributed by atoms with Gasteiger partial charge < -0.3 is 26.0 Å². The van der Waals surface area contributed by atoms with Crippen LogP contribution in [0.2, 0.25) is 0 Å². The van der Waals surface area contributed by atoms with Crippen molar-refractivity contribution in [2.75, 3.05) is 19.7 Å². The molecule has 1 aromatic rings. The highest BCUT2D eigenvalue weighted by molar-refractivity contribution is 5.99. The first kappa shape index (κ1) is 25.5. The van der Waals surface area contributed by atoms with Crippen molar-refractivity contribution in [3.63, 3.8) is 0 Å². The molecule has 2 atom stereocenters. The molecule has 0 aromatic heterocycles. The van der Waals surface area contributed by atoms with Gasteiger partial charge in [0.1, 0.15) is 17.8 Å². The van der Waals surface area contributed by atoms with Gasteiger partial charge in [-0.05, 0) is 56.1 Å². The molecule has 0 saturated heterocycles. The second-order valence-electron chi connectivity index (χ2n) is 9.49. The van der Waals surface area contributed by atoms with Gasteiger partial charge in [-0.25, -0.2) is 0 Å². The summed E-state index contributed by atoms with van der Waals surface area (Å²) in [7, 11) is 0. The Hall–Kier alpha value is -3.10. The van der Waals surface area contributed by atoms with Crippen molar-refractivity contribution in [1.29, 1.82) is 0 Å². The fourth-order valence-electron chi connectivity index (χ4n) is 3.81. The third-order valence-corrected chi connectivity index (χ3v) is 5.91. The third-order valence-electron chi connectivity index (χ3n) is 5.91. The van der Waals surface area contributed by atoms with E-state index in [2.05, 4.69) is 21.3 Å². The molecule has 1 aliphatic carbocycles. The number of fused-ring (bicyclic) bond motifs is 1. The van der Waals surface area contributed by atoms with Gasteiger partial charge in [-0.3, -0.25) is 19.2 Å². The van der Waals surface area contributed by atoms with Gasteiger partial charge in [0, 0.05) is 19.5 Å². The number of hydrogen-bond donors (Lipinski definition) is 4. The Morgan fingerprint density at radius 3 is 2.62 bits per heavy atom. The normalized spacial score (nSPS) is 22.6. The summed E-state index contributed by atoms with van der Waals surface area (Å²) >= 11 is 0. The van der Waals surface area contributed by atoms with Gasteiger partial charge in [0.2, 0.25) is 17.7 Å². The number of para-hydroxylation sites is 1. The van der Waals surface area contributed by atoms with Gasteiger partial charge >= 0.3 is 0 Å². The summed E-state index contributed by atoms with van der Waals surface area (Å²) in [5.41, 5.74) is 0.320. The van der Waals surface area contributed by atoms with Crippen molar-refractivity contribution >= 4 is 23.6 Å². The molecule has 0 spiro atoms. The van der Waals surface area contributed by atoms with E-state index in [0.29, 0.717) is 49.8 Å². The highest BCUT2D eigenvalue weighted by Gasteiger charge is 2.28. The van der Waals surface area contributed by atoms with Crippen molar-refractivity contribution in [3.05, 3.63) is 29.8 Å². The Labute approximate surface area is 200 Å². The van der Waals surface area contributed by atoms with Crippen LogP contribution in [0.3, 0.4) is 0 Å². The minimum absolute atomic E-state index is 0.00180. The molecule has 2 aliphatic rings. The van der Waals surface area contributed by atoms with E-state index in [1.807, 2.05) is 13.8 Å². The highest BCUT2D eigenvalue weighted by atomic mass is 16.5. The van der Waals surface area contributed by atoms with Gasteiger partial charge in [-0.1, -0.05) is 26.0 Å². The maximum Gasteiger partial charge on any atom is 0.255 e. The Bertz CT molecular complexity index is 884. The Balaban J connectivity index is 1.77. The second kappa shape index (κ2) is 12.4. The molecular weight excluding hydrogens is 436 g/mol. The Kier molecular flexibility index (Phi) is 9.30. The lowest BCUT2D eigenvalue weighted by Crippen LogP contribution is -2.50. The quantitative estimate of drug-likeness (QED) is 0.517. The number of rotatable bonds is 5. The number of benzene rings is 1. The lowest BCUT2D eigenvalue weighted by atomic mass is 10.0. The number of nitrogens with one attached hydrogen (secondary N) is 4. The Morgan fingerprint density at radius 2 is 1.88 bits per heavy atom. The molecule has 1 aliphatic heterocycles. The predicted octanol–water partition coefficient (Wildman–Crippen LogP) is 1.52. The number of hydrogen-bond acceptors (Lipinski definition) is 5. The zero-order valence-corrected chi connectivity index (χ0v) is 20.0. The Morgan fingerprint density at radius 1 is 1.12 bits per heavy atom. The van der Waals surface area contributed by atoms with Crippen LogP contribution in [0.4, 0.5) is 0 Å². The van der Waals surface area contributed by atoms with Gasteiger partial charge in [-0.2, -0.15) is 0 Å². The number of amides is 4. The maximum atomic E-state index is 13.0. The van der Waals surface area contributed by atoms with Crippen LogP contribution in [-0.4, -0.2) is 55.4 Å². The third kappa shape index (κ3) is 8.04. The van der Waals surface area contributed by atoms with E-state index in [9.17, 15) is 19.2 Å². The van der Waals surface area contributed by atoms with Crippen molar-refractivity contribution in [2.45, 2.75) is 64.5 Å². The largest absolute Gasteiger partial charge is 0.493 e. The molecule has 0 bridgehead atoms. The summed E-state index contributed by atoms with van der Waals surface area (Å²) in [6.45, 7) is 5.23. The highest BCUT2D eigenvalue weighted by Crippen LogP contribution is 2.27. The molecule has 4 N–H and O–H groups in total. The molecular formula is C25H36N4O5. The molecule has 9 heteroatoms. The molecule has 186 valence electrons. The fourth-order valence-corrected chi connectivity index (χ4v) is 3.81. The fraction of sp³-hybridized carbons (Fsp3) is 0.600. The molecule has 1 heterocycles. The average molecular weight is 473 g/mol. The van der Waals surface area contributed by atoms with E-state index in [1.165, 1.54) is 0 Å². The van der Waals surface area contributed by atoms with E-state index in [-0.39, 0.29) is 36.5 Å². The molecule has 4 amide bonds. The zero-order valence-electron chi connectivity index (χ0n) is 20.0. The smallest absolute Gasteiger partial charge is 0.255 e. The second-order valence-corrected chi connectivity index (χ2v) is 9.49. The van der Waals surface area contributed by atoms with Crippen LogP contribution in [0.15, 0.2) is 24.3 Å². The van der Waals surface area contributed by atoms with E-state index in [0.717, 1.165) is 12.8 Å². The molecule has 1 saturated carbocycles. The lowest BCUT2D eigenvalue weighted by molar-refractivity contribution is -0.129. The molecule has 9 nitrogen and oxygen atoms in total. The first-order valence-corrected chi connectivity index (χ1v) is 12.2. The standard InChI is InChI=1S/C25H36N4O5/c1-16(2)14-20-25(33)26-12-5-13-34-21-7-4-3-6-18(21)23(31)29-19(10-11-22(30)28-20)24(32)27-15-17-8-9-17/h3-4,6-7,16-17,19-20H,5,8-15H2,1-2H3,(H,26,33)(H,27,32)(H,28,30)(H,29,31)/t19-,20+/m0/s1. The van der Waals surface area contributed by atoms with Crippen LogP contribution < -0.4 is 26.0 Å². The minimum Gasteiger partial charge on any atom is -0.493 e. The van der Waals surface area contributed by atoms with Crippen LogP contribution in [0, 0.1) is 11.8 Å². The molecule has 3 rings (SSSR count). The zero-order chi connectivity index (χ0) is 24.5. The van der Waals surface area contributed by atoms with Crippen LogP contribution >= 0.6 is 0 Å². The van der Waals surface area contributed by atoms with Crippen molar-refractivity contribution < 1.29 is 23.9 Å². The molecule has 1 aromatic carbocycles. The lowest BCUT2D eigenvalue weighted by Gasteiger charge is -2.22. The average Bonchev–Trinajstić information content (AvgIpc) is 3.63. The SMILES string of the molecule is CC(C)C[C@H]1NC(=O)CC[C@@H](C(=O)NCC2CC2)NC(=O)c2ccccc2OCCCNC1=O. The maximum absolute atomic E-state index is 13.0. The predicted molar refractivity (Wildman–Crippen MR) is 127 cm³/mol. The van der Waals surface area contributed by atoms with Gasteiger partial charge in [-0.15, -0.1) is 0 Å². The van der Waals surface area contributed by atoms with Gasteiger partial charge in [0.15, 0.2) is 0 Å². The topological polar surface area (TPSA) is 126 Å². The summed E-state index contributed by atoms with van der Waals surface area (Å²) in [6, 6.07) is 5.30. The monoisotopic (exact) mass is 472 g/mol. The molecule has 0 unspecified atom stereocenters. The van der Waals surface area contributed by atoms with Crippen LogP contribution in [0.25, 0.3) is 0 Å². The molecule has 1 fully saturated rings. The summed E-state index contributed by atoms with van der Waals surface area (Å²) in [6.07, 6.45) is 3.34. The van der Waals surface area contributed by atoms with Crippen molar-refractivity contribution in [1.82, 2.24) is 21.3 Å². The van der Waals surface area contributed by atoms with Crippen LogP contribution in [0.5, 0.6) is 5.75 Å². The summed E-state index contributed by atoms with van der Waals surface area (Å²) < 4.78 is 5.80. The summed E-state index contributed by atoms with van der Waals surface area (Å²) in [5, 5.41) is 11.3.